The molecule has 1 aliphatic carbocycles. The molecule has 5 heteroatoms. The molecule has 0 amide bonds. The van der Waals surface area contributed by atoms with Crippen LogP contribution in [0.25, 0.3) is 94.7 Å². The van der Waals surface area contributed by atoms with E-state index in [1.807, 2.05) is 6.07 Å². The fourth-order valence-corrected chi connectivity index (χ4v) is 13.9. The van der Waals surface area contributed by atoms with Crippen LogP contribution in [0.5, 0.6) is 0 Å². The summed E-state index contributed by atoms with van der Waals surface area (Å²) in [5, 5.41) is 7.99. The van der Waals surface area contributed by atoms with Crippen LogP contribution in [0.15, 0.2) is 170 Å². The average molecular weight is 773 g/mol. The van der Waals surface area contributed by atoms with E-state index in [-0.39, 0.29) is 5.41 Å². The first-order valence-electron chi connectivity index (χ1n) is 20.5. The highest BCUT2D eigenvalue weighted by atomic mass is 28.3. The van der Waals surface area contributed by atoms with Gasteiger partial charge in [0, 0.05) is 38.6 Å². The minimum Gasteiger partial charge on any atom is -0.309 e. The Morgan fingerprint density at radius 1 is 0.441 bits per heavy atom. The first-order valence-corrected chi connectivity index (χ1v) is 23.5. The van der Waals surface area contributed by atoms with Gasteiger partial charge in [-0.2, -0.15) is 0 Å². The van der Waals surface area contributed by atoms with Gasteiger partial charge in [-0.3, -0.25) is 0 Å². The van der Waals surface area contributed by atoms with Crippen molar-refractivity contribution in [3.05, 3.63) is 181 Å². The maximum Gasteiger partial charge on any atom is 0.164 e. The molecule has 0 saturated heterocycles. The molecule has 280 valence electrons. The van der Waals surface area contributed by atoms with E-state index in [2.05, 4.69) is 195 Å². The van der Waals surface area contributed by atoms with Crippen molar-refractivity contribution >= 4 is 51.0 Å². The van der Waals surface area contributed by atoms with Gasteiger partial charge in [0.25, 0.3) is 0 Å². The summed E-state index contributed by atoms with van der Waals surface area (Å²) in [5.41, 5.74) is 14.2. The lowest BCUT2D eigenvalue weighted by Crippen LogP contribution is -2.49. The molecule has 10 aromatic rings. The molecule has 1 aliphatic heterocycles. The summed E-state index contributed by atoms with van der Waals surface area (Å²) in [4.78, 5) is 16.1. The van der Waals surface area contributed by atoms with Crippen molar-refractivity contribution in [3.8, 4) is 62.1 Å². The Morgan fingerprint density at radius 2 is 1.07 bits per heavy atom. The zero-order valence-corrected chi connectivity index (χ0v) is 34.5. The van der Waals surface area contributed by atoms with Crippen LogP contribution in [0, 0.1) is 0 Å². The van der Waals surface area contributed by atoms with Gasteiger partial charge in [-0.25, -0.2) is 15.0 Å². The topological polar surface area (TPSA) is 43.6 Å². The highest BCUT2D eigenvalue weighted by Gasteiger charge is 2.40. The molecule has 12 rings (SSSR count). The lowest BCUT2D eigenvalue weighted by molar-refractivity contribution is 0.660. The highest BCUT2D eigenvalue weighted by molar-refractivity contribution is 7.05. The van der Waals surface area contributed by atoms with Gasteiger partial charge in [-0.1, -0.05) is 166 Å². The Balaban J connectivity index is 1.20. The van der Waals surface area contributed by atoms with Gasteiger partial charge in [0.1, 0.15) is 8.07 Å². The number of benzene rings is 8. The number of rotatable bonds is 4. The Kier molecular flexibility index (Phi) is 7.10. The van der Waals surface area contributed by atoms with Crippen LogP contribution in [0.3, 0.4) is 0 Å². The first-order chi connectivity index (χ1) is 28.8. The normalized spacial score (nSPS) is 14.4. The van der Waals surface area contributed by atoms with Gasteiger partial charge in [0.15, 0.2) is 17.5 Å². The van der Waals surface area contributed by atoms with Crippen LogP contribution in [0.4, 0.5) is 0 Å². The van der Waals surface area contributed by atoms with E-state index >= 15 is 0 Å². The Hall–Kier alpha value is -6.95. The summed E-state index contributed by atoms with van der Waals surface area (Å²) in [6.45, 7) is 9.69. The van der Waals surface area contributed by atoms with Crippen molar-refractivity contribution in [1.29, 1.82) is 0 Å². The quantitative estimate of drug-likeness (QED) is 0.167. The highest BCUT2D eigenvalue weighted by Crippen LogP contribution is 2.50. The summed E-state index contributed by atoms with van der Waals surface area (Å²) in [6, 6.07) is 61.7. The van der Waals surface area contributed by atoms with Crippen LogP contribution < -0.4 is 10.4 Å². The molecular formula is C54H40N4Si. The molecule has 8 aromatic carbocycles. The number of hydrogen-bond donors (Lipinski definition) is 0. The molecule has 0 spiro atoms. The average Bonchev–Trinajstić information content (AvgIpc) is 3.83. The predicted molar refractivity (Wildman–Crippen MR) is 248 cm³/mol. The van der Waals surface area contributed by atoms with Gasteiger partial charge in [0.2, 0.25) is 0 Å². The molecule has 2 aromatic heterocycles. The largest absolute Gasteiger partial charge is 0.309 e. The summed E-state index contributed by atoms with van der Waals surface area (Å²) in [6.07, 6.45) is 0. The SMILES string of the molecule is CC1(C)c2ccccc2-c2ccc(-c3nc(-c4ccccc4)nc(-c4cc5c(c6ccccc6n5-c5ccccc5)c5c6c(ccc45)-c4ccccc4[Si]6(C)C)n3)cc21. The fourth-order valence-electron chi connectivity index (χ4n) is 10.5. The van der Waals surface area contributed by atoms with Crippen molar-refractivity contribution in [2.45, 2.75) is 32.4 Å². The van der Waals surface area contributed by atoms with Crippen LogP contribution >= 0.6 is 0 Å². The van der Waals surface area contributed by atoms with Crippen molar-refractivity contribution in [3.63, 3.8) is 0 Å². The van der Waals surface area contributed by atoms with Crippen molar-refractivity contribution in [1.82, 2.24) is 19.5 Å². The van der Waals surface area contributed by atoms with Crippen molar-refractivity contribution in [2.24, 2.45) is 0 Å². The standard InChI is InChI=1S/C54H40N4Si/c1-54(2)43-24-14-11-21-36(43)37-28-27-34(31-44(37)54)52-55-51(33-17-7-5-8-18-33)56-53(57-52)42-32-46-48(41-23-12-15-25-45(41)58(46)35-19-9-6-10-20-35)49-39(42)29-30-40-38-22-13-16-26-47(38)59(3,4)50(40)49/h5-32H,1-4H3. The van der Waals surface area contributed by atoms with Crippen molar-refractivity contribution in [2.75, 3.05) is 0 Å². The number of nitrogens with zero attached hydrogens (tertiary/aromatic N) is 4. The number of hydrogen-bond acceptors (Lipinski definition) is 3. The van der Waals surface area contributed by atoms with Gasteiger partial charge < -0.3 is 4.57 Å². The minimum absolute atomic E-state index is 0.152. The third-order valence-corrected chi connectivity index (χ3v) is 16.8. The zero-order chi connectivity index (χ0) is 39.6. The lowest BCUT2D eigenvalue weighted by Gasteiger charge is -2.23. The molecule has 0 fully saturated rings. The molecule has 2 aliphatic rings. The van der Waals surface area contributed by atoms with Gasteiger partial charge in [-0.15, -0.1) is 0 Å². The summed E-state index contributed by atoms with van der Waals surface area (Å²) in [5.74, 6) is 2.00. The number of para-hydroxylation sites is 2. The third-order valence-electron chi connectivity index (χ3n) is 13.2. The molecule has 0 radical (unpaired) electrons. The number of aromatic nitrogens is 4. The van der Waals surface area contributed by atoms with E-state index in [0.29, 0.717) is 17.5 Å². The van der Waals surface area contributed by atoms with E-state index in [0.717, 1.165) is 27.9 Å². The second-order valence-corrected chi connectivity index (χ2v) is 21.5. The van der Waals surface area contributed by atoms with E-state index in [9.17, 15) is 0 Å². The van der Waals surface area contributed by atoms with E-state index in [1.165, 1.54) is 70.8 Å². The Labute approximate surface area is 344 Å². The molecule has 0 atom stereocenters. The summed E-state index contributed by atoms with van der Waals surface area (Å²) >= 11 is 0. The monoisotopic (exact) mass is 772 g/mol. The number of fused-ring (bicyclic) bond motifs is 12. The maximum atomic E-state index is 5.48. The predicted octanol–water partition coefficient (Wildman–Crippen LogP) is 12.2. The maximum absolute atomic E-state index is 5.48. The van der Waals surface area contributed by atoms with Crippen LogP contribution in [0.1, 0.15) is 25.0 Å². The molecule has 4 nitrogen and oxygen atoms in total. The first kappa shape index (κ1) is 34.1. The molecule has 3 heterocycles. The Bertz CT molecular complexity index is 3380. The fraction of sp³-hybridized carbons (Fsp3) is 0.0926. The smallest absolute Gasteiger partial charge is 0.164 e. The van der Waals surface area contributed by atoms with Crippen molar-refractivity contribution < 1.29 is 0 Å². The second-order valence-electron chi connectivity index (χ2n) is 17.2. The van der Waals surface area contributed by atoms with E-state index < -0.39 is 8.07 Å². The summed E-state index contributed by atoms with van der Waals surface area (Å²) in [7, 11) is -2.18. The lowest BCUT2D eigenvalue weighted by atomic mass is 9.82. The summed E-state index contributed by atoms with van der Waals surface area (Å²) < 4.78 is 2.43. The molecular weight excluding hydrogens is 733 g/mol. The second kappa shape index (κ2) is 12.3. The molecule has 59 heavy (non-hydrogen) atoms. The molecule has 0 N–H and O–H groups in total. The molecule has 0 saturated carbocycles. The molecule has 0 unspecified atom stereocenters. The van der Waals surface area contributed by atoms with E-state index in [4.69, 9.17) is 15.0 Å². The zero-order valence-electron chi connectivity index (χ0n) is 33.5. The molecule has 0 bridgehead atoms. The van der Waals surface area contributed by atoms with Crippen LogP contribution in [0.2, 0.25) is 13.1 Å². The Morgan fingerprint density at radius 3 is 1.88 bits per heavy atom. The van der Waals surface area contributed by atoms with Crippen LogP contribution in [-0.2, 0) is 5.41 Å². The third kappa shape index (κ3) is 4.79. The van der Waals surface area contributed by atoms with E-state index in [1.54, 1.807) is 0 Å². The van der Waals surface area contributed by atoms with Gasteiger partial charge >= 0.3 is 0 Å². The van der Waals surface area contributed by atoms with Gasteiger partial charge in [0.05, 0.1) is 11.0 Å². The minimum atomic E-state index is -2.18. The van der Waals surface area contributed by atoms with Gasteiger partial charge in [-0.05, 0) is 84.9 Å². The van der Waals surface area contributed by atoms with Crippen LogP contribution in [-0.4, -0.2) is 27.6 Å².